The van der Waals surface area contributed by atoms with Crippen LogP contribution in [0.2, 0.25) is 0 Å². The van der Waals surface area contributed by atoms with E-state index in [0.717, 1.165) is 17.0 Å². The summed E-state index contributed by atoms with van der Waals surface area (Å²) >= 11 is 1.75. The quantitative estimate of drug-likeness (QED) is 0.599. The second-order valence-corrected chi connectivity index (χ2v) is 6.14. The highest BCUT2D eigenvalue weighted by atomic mass is 32.1. The van der Waals surface area contributed by atoms with Gasteiger partial charge in [0.1, 0.15) is 11.0 Å². The fourth-order valence-corrected chi connectivity index (χ4v) is 3.48. The number of H-pyrrole nitrogens is 1. The minimum atomic E-state index is -0.110. The molecule has 0 unspecified atom stereocenters. The zero-order valence-corrected chi connectivity index (χ0v) is 11.7. The number of aromatic amines is 1. The predicted octanol–water partition coefficient (Wildman–Crippen LogP) is 2.11. The van der Waals surface area contributed by atoms with Crippen LogP contribution in [0.4, 0.5) is 5.95 Å². The lowest BCUT2D eigenvalue weighted by Crippen LogP contribution is -2.47. The van der Waals surface area contributed by atoms with Crippen molar-refractivity contribution >= 4 is 34.3 Å². The van der Waals surface area contributed by atoms with Crippen LogP contribution < -0.4 is 15.6 Å². The summed E-state index contributed by atoms with van der Waals surface area (Å²) in [6.07, 6.45) is -0.110. The standard InChI is InChI=1S/C14H13N5S/c1-8-6-7-11(20-8)12-17-13(15)18-14-16-9-4-2-3-5-10(9)19(12)14/h2-7,12H,1H3,(H3,15,16,17,18)/p+1/t12-/m1/s1. The van der Waals surface area contributed by atoms with Crippen LogP contribution in [-0.2, 0) is 0 Å². The second-order valence-electron chi connectivity index (χ2n) is 4.82. The first-order valence-corrected chi connectivity index (χ1v) is 7.23. The van der Waals surface area contributed by atoms with Crippen molar-refractivity contribution in [2.75, 3.05) is 5.32 Å². The first kappa shape index (κ1) is 11.5. The molecule has 0 fully saturated rings. The van der Waals surface area contributed by atoms with Gasteiger partial charge in [-0.05, 0) is 31.2 Å². The third-order valence-corrected chi connectivity index (χ3v) is 4.47. The van der Waals surface area contributed by atoms with Gasteiger partial charge in [0, 0.05) is 4.88 Å². The van der Waals surface area contributed by atoms with Gasteiger partial charge in [0.05, 0.1) is 4.88 Å². The number of rotatable bonds is 1. The fourth-order valence-electron chi connectivity index (χ4n) is 2.57. The van der Waals surface area contributed by atoms with Crippen molar-refractivity contribution in [3.8, 4) is 0 Å². The molecule has 0 bridgehead atoms. The molecule has 20 heavy (non-hydrogen) atoms. The summed E-state index contributed by atoms with van der Waals surface area (Å²) in [6, 6.07) is 12.4. The fraction of sp³-hybridized carbons (Fsp3) is 0.143. The molecule has 0 saturated heterocycles. The first-order valence-electron chi connectivity index (χ1n) is 6.41. The van der Waals surface area contributed by atoms with Crippen molar-refractivity contribution in [2.24, 2.45) is 10.7 Å². The second kappa shape index (κ2) is 4.08. The molecule has 0 saturated carbocycles. The highest BCUT2D eigenvalue weighted by Gasteiger charge is 2.31. The molecule has 4 N–H and O–H groups in total. The van der Waals surface area contributed by atoms with Crippen molar-refractivity contribution in [2.45, 2.75) is 13.1 Å². The number of hydrogen-bond acceptors (Lipinski definition) is 4. The molecule has 1 aliphatic rings. The van der Waals surface area contributed by atoms with Gasteiger partial charge in [-0.1, -0.05) is 12.1 Å². The normalized spacial score (nSPS) is 17.6. The van der Waals surface area contributed by atoms with Crippen molar-refractivity contribution in [1.82, 2.24) is 4.98 Å². The maximum Gasteiger partial charge on any atom is 0.365 e. The third-order valence-electron chi connectivity index (χ3n) is 3.43. The molecule has 4 rings (SSSR count). The number of fused-ring (bicyclic) bond motifs is 3. The molecule has 1 atom stereocenters. The predicted molar refractivity (Wildman–Crippen MR) is 80.9 cm³/mol. The van der Waals surface area contributed by atoms with E-state index in [1.165, 1.54) is 9.75 Å². The van der Waals surface area contributed by atoms with Gasteiger partial charge in [-0.15, -0.1) is 11.3 Å². The largest absolute Gasteiger partial charge is 0.365 e. The van der Waals surface area contributed by atoms with Gasteiger partial charge in [0.15, 0.2) is 0 Å². The van der Waals surface area contributed by atoms with Crippen molar-refractivity contribution in [1.29, 1.82) is 0 Å². The van der Waals surface area contributed by atoms with Crippen LogP contribution in [0.1, 0.15) is 15.9 Å². The molecule has 0 radical (unpaired) electrons. The van der Waals surface area contributed by atoms with Crippen molar-refractivity contribution in [3.05, 3.63) is 46.2 Å². The number of nitrogens with one attached hydrogen (secondary N) is 2. The highest BCUT2D eigenvalue weighted by Crippen LogP contribution is 2.28. The van der Waals surface area contributed by atoms with Crippen molar-refractivity contribution < 1.29 is 4.57 Å². The molecule has 100 valence electrons. The van der Waals surface area contributed by atoms with E-state index >= 15 is 0 Å². The van der Waals surface area contributed by atoms with Crippen LogP contribution in [-0.4, -0.2) is 10.9 Å². The van der Waals surface area contributed by atoms with Gasteiger partial charge in [-0.3, -0.25) is 0 Å². The number of thiophene rings is 1. The molecular weight excluding hydrogens is 270 g/mol. The molecule has 0 spiro atoms. The number of aryl methyl sites for hydroxylation is 1. The van der Waals surface area contributed by atoms with E-state index < -0.39 is 0 Å². The molecule has 2 aromatic heterocycles. The number of benzene rings is 1. The maximum atomic E-state index is 5.92. The lowest BCUT2D eigenvalue weighted by molar-refractivity contribution is -0.673. The number of anilines is 1. The van der Waals surface area contributed by atoms with E-state index in [0.29, 0.717) is 5.96 Å². The lowest BCUT2D eigenvalue weighted by atomic mass is 10.3. The SMILES string of the molecule is Cc1ccc([C@@H]2N=C(N)Nc3[nH]c4ccccc4[n+]32)s1. The van der Waals surface area contributed by atoms with E-state index in [9.17, 15) is 0 Å². The van der Waals surface area contributed by atoms with E-state index in [1.54, 1.807) is 11.3 Å². The Labute approximate surface area is 119 Å². The molecule has 6 heteroatoms. The van der Waals surface area contributed by atoms with E-state index in [4.69, 9.17) is 5.73 Å². The first-order chi connectivity index (χ1) is 9.72. The van der Waals surface area contributed by atoms with Crippen LogP contribution in [0.3, 0.4) is 0 Å². The summed E-state index contributed by atoms with van der Waals surface area (Å²) in [6.45, 7) is 2.10. The Morgan fingerprint density at radius 2 is 2.10 bits per heavy atom. The summed E-state index contributed by atoms with van der Waals surface area (Å²) in [7, 11) is 0. The van der Waals surface area contributed by atoms with Crippen LogP contribution >= 0.6 is 11.3 Å². The highest BCUT2D eigenvalue weighted by molar-refractivity contribution is 7.12. The number of nitrogens with two attached hydrogens (primary N) is 1. The molecular formula is C14H14N5S+. The molecule has 1 aliphatic heterocycles. The van der Waals surface area contributed by atoms with Gasteiger partial charge in [-0.25, -0.2) is 10.3 Å². The van der Waals surface area contributed by atoms with Gasteiger partial charge < -0.3 is 5.73 Å². The zero-order chi connectivity index (χ0) is 13.7. The molecule has 3 aromatic rings. The van der Waals surface area contributed by atoms with Gasteiger partial charge in [-0.2, -0.15) is 9.56 Å². The average Bonchev–Trinajstić information content (AvgIpc) is 3.00. The number of hydrogen-bond donors (Lipinski definition) is 3. The third kappa shape index (κ3) is 1.61. The molecule has 1 aromatic carbocycles. The zero-order valence-electron chi connectivity index (χ0n) is 10.9. The minimum Gasteiger partial charge on any atom is -0.357 e. The van der Waals surface area contributed by atoms with Crippen LogP contribution in [0.25, 0.3) is 11.0 Å². The lowest BCUT2D eigenvalue weighted by Gasteiger charge is -2.16. The molecule has 0 amide bonds. The Morgan fingerprint density at radius 1 is 1.25 bits per heavy atom. The van der Waals surface area contributed by atoms with E-state index in [2.05, 4.69) is 51.0 Å². The Hall–Kier alpha value is -2.34. The number of aromatic nitrogens is 2. The molecule has 5 nitrogen and oxygen atoms in total. The Bertz CT molecular complexity index is 829. The summed E-state index contributed by atoms with van der Waals surface area (Å²) in [5.41, 5.74) is 8.10. The molecule has 3 heterocycles. The number of nitrogens with zero attached hydrogens (tertiary/aromatic N) is 2. The van der Waals surface area contributed by atoms with Crippen LogP contribution in [0.15, 0.2) is 41.4 Å². The summed E-state index contributed by atoms with van der Waals surface area (Å²) in [4.78, 5) is 10.4. The summed E-state index contributed by atoms with van der Waals surface area (Å²) in [5.74, 6) is 1.31. The Balaban J connectivity index is 1.98. The molecule has 0 aliphatic carbocycles. The number of aliphatic imine (C=N–C) groups is 1. The van der Waals surface area contributed by atoms with Gasteiger partial charge >= 0.3 is 5.95 Å². The minimum absolute atomic E-state index is 0.110. The topological polar surface area (TPSA) is 70.1 Å². The number of imidazole rings is 1. The Morgan fingerprint density at radius 3 is 2.90 bits per heavy atom. The van der Waals surface area contributed by atoms with Crippen LogP contribution in [0.5, 0.6) is 0 Å². The maximum absolute atomic E-state index is 5.92. The van der Waals surface area contributed by atoms with E-state index in [-0.39, 0.29) is 6.17 Å². The number of para-hydroxylation sites is 2. The monoisotopic (exact) mass is 284 g/mol. The summed E-state index contributed by atoms with van der Waals surface area (Å²) in [5, 5.41) is 3.10. The Kier molecular flexibility index (Phi) is 2.34. The van der Waals surface area contributed by atoms with Gasteiger partial charge in [0.2, 0.25) is 6.17 Å². The summed E-state index contributed by atoms with van der Waals surface area (Å²) < 4.78 is 2.15. The van der Waals surface area contributed by atoms with Gasteiger partial charge in [0.25, 0.3) is 5.96 Å². The van der Waals surface area contributed by atoms with Crippen molar-refractivity contribution in [3.63, 3.8) is 0 Å². The smallest absolute Gasteiger partial charge is 0.357 e. The number of guanidine groups is 1. The van der Waals surface area contributed by atoms with Crippen LogP contribution in [0, 0.1) is 6.92 Å². The van der Waals surface area contributed by atoms with E-state index in [1.807, 2.05) is 12.1 Å². The average molecular weight is 284 g/mol.